The molecule has 1 rings (SSSR count). The topological polar surface area (TPSA) is 95.9 Å². The van der Waals surface area contributed by atoms with Gasteiger partial charge in [-0.3, -0.25) is 4.79 Å². The summed E-state index contributed by atoms with van der Waals surface area (Å²) in [6.07, 6.45) is 0.382. The first-order valence-corrected chi connectivity index (χ1v) is 6.69. The maximum atomic E-state index is 12.6. The molecule has 0 aromatic carbocycles. The van der Waals surface area contributed by atoms with Crippen LogP contribution in [0.1, 0.15) is 33.6 Å². The average molecular weight is 286 g/mol. The van der Waals surface area contributed by atoms with Crippen molar-refractivity contribution in [1.29, 1.82) is 0 Å². The van der Waals surface area contributed by atoms with E-state index in [-0.39, 0.29) is 17.9 Å². The summed E-state index contributed by atoms with van der Waals surface area (Å²) in [5.74, 6) is -1.55. The predicted octanol–water partition coefficient (Wildman–Crippen LogP) is 0.831. The summed E-state index contributed by atoms with van der Waals surface area (Å²) in [7, 11) is 1.22. The second-order valence-corrected chi connectivity index (χ2v) is 5.38. The van der Waals surface area contributed by atoms with Gasteiger partial charge >= 0.3 is 12.1 Å². The molecule has 7 nitrogen and oxygen atoms in total. The quantitative estimate of drug-likeness (QED) is 0.798. The molecule has 0 unspecified atom stereocenters. The Morgan fingerprint density at radius 2 is 1.90 bits per heavy atom. The molecule has 20 heavy (non-hydrogen) atoms. The summed E-state index contributed by atoms with van der Waals surface area (Å²) in [5, 5.41) is 11.7. The summed E-state index contributed by atoms with van der Waals surface area (Å²) >= 11 is 0. The first-order chi connectivity index (χ1) is 9.29. The summed E-state index contributed by atoms with van der Waals surface area (Å²) in [6, 6.07) is -1.76. The molecule has 0 saturated carbocycles. The number of rotatable bonds is 4. The molecule has 0 radical (unpaired) electrons. The minimum atomic E-state index is -1.01. The zero-order chi connectivity index (χ0) is 15.4. The lowest BCUT2D eigenvalue weighted by molar-refractivity contribution is -0.150. The Kier molecular flexibility index (Phi) is 5.35. The molecular formula is C13H22N2O5. The first kappa shape index (κ1) is 16.3. The van der Waals surface area contributed by atoms with Crippen LogP contribution < -0.4 is 5.32 Å². The number of nitrogens with one attached hydrogen (secondary N) is 1. The van der Waals surface area contributed by atoms with Crippen molar-refractivity contribution >= 4 is 18.0 Å². The molecule has 0 aliphatic carbocycles. The molecule has 3 atom stereocenters. The molecule has 0 spiro atoms. The molecule has 0 aromatic rings. The van der Waals surface area contributed by atoms with Gasteiger partial charge < -0.3 is 20.1 Å². The van der Waals surface area contributed by atoms with Gasteiger partial charge in [-0.25, -0.2) is 9.59 Å². The molecule has 1 saturated heterocycles. The van der Waals surface area contributed by atoms with Gasteiger partial charge in [0, 0.05) is 6.04 Å². The Morgan fingerprint density at radius 3 is 2.35 bits per heavy atom. The van der Waals surface area contributed by atoms with Crippen molar-refractivity contribution in [2.75, 3.05) is 7.11 Å². The van der Waals surface area contributed by atoms with E-state index in [1.165, 1.54) is 12.0 Å². The fourth-order valence-corrected chi connectivity index (χ4v) is 2.46. The minimum Gasteiger partial charge on any atom is -0.480 e. The fourth-order valence-electron chi connectivity index (χ4n) is 2.46. The van der Waals surface area contributed by atoms with E-state index in [2.05, 4.69) is 10.1 Å². The lowest BCUT2D eigenvalue weighted by Gasteiger charge is -2.31. The Labute approximate surface area is 118 Å². The highest BCUT2D eigenvalue weighted by atomic mass is 16.5. The molecule has 2 amide bonds. The second kappa shape index (κ2) is 6.58. The van der Waals surface area contributed by atoms with E-state index >= 15 is 0 Å². The maximum Gasteiger partial charge on any atom is 0.407 e. The summed E-state index contributed by atoms with van der Waals surface area (Å²) < 4.78 is 4.51. The van der Waals surface area contributed by atoms with E-state index in [9.17, 15) is 19.5 Å². The zero-order valence-corrected chi connectivity index (χ0v) is 12.3. The van der Waals surface area contributed by atoms with E-state index in [1.807, 2.05) is 6.92 Å². The highest BCUT2D eigenvalue weighted by molar-refractivity contribution is 5.90. The number of likely N-dealkylation sites (tertiary alicyclic amines) is 1. The number of nitrogens with zero attached hydrogens (tertiary/aromatic N) is 1. The maximum absolute atomic E-state index is 12.6. The van der Waals surface area contributed by atoms with Crippen LogP contribution in [0.2, 0.25) is 0 Å². The SMILES string of the molecule is COC(=O)N[C@H](C(=O)N1[C@@H](C)CC[C@H]1C(=O)O)C(C)C. The van der Waals surface area contributed by atoms with Crippen LogP contribution in [0.5, 0.6) is 0 Å². The number of hydrogen-bond donors (Lipinski definition) is 2. The number of alkyl carbamates (subject to hydrolysis) is 1. The summed E-state index contributed by atoms with van der Waals surface area (Å²) in [5.41, 5.74) is 0. The van der Waals surface area contributed by atoms with Gasteiger partial charge in [-0.1, -0.05) is 13.8 Å². The standard InChI is InChI=1S/C13H22N2O5/c1-7(2)10(14-13(19)20-4)11(16)15-8(3)5-6-9(15)12(17)18/h7-10H,5-6H2,1-4H3,(H,14,19)(H,17,18)/t8-,9-,10-/m0/s1. The van der Waals surface area contributed by atoms with Crippen molar-refractivity contribution < 1.29 is 24.2 Å². The normalized spacial score (nSPS) is 23.6. The van der Waals surface area contributed by atoms with Crippen molar-refractivity contribution in [2.24, 2.45) is 5.92 Å². The smallest absolute Gasteiger partial charge is 0.407 e. The lowest BCUT2D eigenvalue weighted by Crippen LogP contribution is -2.55. The highest BCUT2D eigenvalue weighted by Gasteiger charge is 2.42. The Hall–Kier alpha value is -1.79. The van der Waals surface area contributed by atoms with Gasteiger partial charge in [0.2, 0.25) is 5.91 Å². The van der Waals surface area contributed by atoms with E-state index in [0.29, 0.717) is 12.8 Å². The third-order valence-electron chi connectivity index (χ3n) is 3.60. The van der Waals surface area contributed by atoms with E-state index in [0.717, 1.165) is 0 Å². The molecular weight excluding hydrogens is 264 g/mol. The largest absolute Gasteiger partial charge is 0.480 e. The molecule has 114 valence electrons. The lowest BCUT2D eigenvalue weighted by atomic mass is 10.0. The van der Waals surface area contributed by atoms with E-state index in [1.54, 1.807) is 13.8 Å². The molecule has 1 aliphatic rings. The number of carbonyl (C=O) groups is 3. The number of carboxylic acids is 1. The predicted molar refractivity (Wildman–Crippen MR) is 71.1 cm³/mol. The van der Waals surface area contributed by atoms with Crippen molar-refractivity contribution in [2.45, 2.75) is 51.7 Å². The molecule has 0 bridgehead atoms. The van der Waals surface area contributed by atoms with Crippen LogP contribution in [0.15, 0.2) is 0 Å². The van der Waals surface area contributed by atoms with Gasteiger partial charge in [0.05, 0.1) is 7.11 Å². The molecule has 0 aromatic heterocycles. The Bertz CT molecular complexity index is 396. The van der Waals surface area contributed by atoms with E-state index in [4.69, 9.17) is 0 Å². The number of carbonyl (C=O) groups excluding carboxylic acids is 2. The third-order valence-corrected chi connectivity index (χ3v) is 3.60. The van der Waals surface area contributed by atoms with Gasteiger partial charge in [0.1, 0.15) is 12.1 Å². The van der Waals surface area contributed by atoms with Crippen molar-refractivity contribution in [1.82, 2.24) is 10.2 Å². The van der Waals surface area contributed by atoms with Gasteiger partial charge in [0.25, 0.3) is 0 Å². The number of amides is 2. The molecule has 2 N–H and O–H groups in total. The Morgan fingerprint density at radius 1 is 1.30 bits per heavy atom. The van der Waals surface area contributed by atoms with Crippen LogP contribution >= 0.6 is 0 Å². The average Bonchev–Trinajstić information content (AvgIpc) is 2.76. The number of ether oxygens (including phenoxy) is 1. The molecule has 7 heteroatoms. The van der Waals surface area contributed by atoms with Crippen LogP contribution in [-0.4, -0.2) is 53.2 Å². The fraction of sp³-hybridized carbons (Fsp3) is 0.769. The number of carboxylic acid groups (broad SMARTS) is 1. The van der Waals surface area contributed by atoms with Gasteiger partial charge in [0.15, 0.2) is 0 Å². The van der Waals surface area contributed by atoms with Crippen LogP contribution in [0.4, 0.5) is 4.79 Å². The van der Waals surface area contributed by atoms with Crippen molar-refractivity contribution in [3.8, 4) is 0 Å². The summed E-state index contributed by atoms with van der Waals surface area (Å²) in [4.78, 5) is 36.5. The number of methoxy groups -OCH3 is 1. The first-order valence-electron chi connectivity index (χ1n) is 6.69. The van der Waals surface area contributed by atoms with Crippen LogP contribution in [-0.2, 0) is 14.3 Å². The highest BCUT2D eigenvalue weighted by Crippen LogP contribution is 2.26. The zero-order valence-electron chi connectivity index (χ0n) is 12.3. The van der Waals surface area contributed by atoms with Crippen LogP contribution in [0.25, 0.3) is 0 Å². The monoisotopic (exact) mass is 286 g/mol. The van der Waals surface area contributed by atoms with Crippen LogP contribution in [0, 0.1) is 5.92 Å². The minimum absolute atomic E-state index is 0.149. The third kappa shape index (κ3) is 3.40. The van der Waals surface area contributed by atoms with Gasteiger partial charge in [-0.05, 0) is 25.7 Å². The van der Waals surface area contributed by atoms with Crippen LogP contribution in [0.3, 0.4) is 0 Å². The Balaban J connectivity index is 2.92. The van der Waals surface area contributed by atoms with E-state index < -0.39 is 24.1 Å². The van der Waals surface area contributed by atoms with Gasteiger partial charge in [-0.15, -0.1) is 0 Å². The second-order valence-electron chi connectivity index (χ2n) is 5.38. The number of hydrogen-bond acceptors (Lipinski definition) is 4. The van der Waals surface area contributed by atoms with Crippen molar-refractivity contribution in [3.63, 3.8) is 0 Å². The number of aliphatic carboxylic acids is 1. The van der Waals surface area contributed by atoms with Crippen molar-refractivity contribution in [3.05, 3.63) is 0 Å². The summed E-state index contributed by atoms with van der Waals surface area (Å²) in [6.45, 7) is 5.39. The molecule has 1 aliphatic heterocycles. The molecule has 1 fully saturated rings. The molecule has 1 heterocycles. The van der Waals surface area contributed by atoms with Gasteiger partial charge in [-0.2, -0.15) is 0 Å².